The lowest BCUT2D eigenvalue weighted by Gasteiger charge is -2.45. The van der Waals surface area contributed by atoms with E-state index in [0.717, 1.165) is 16.7 Å². The fourth-order valence-corrected chi connectivity index (χ4v) is 3.72. The standard InChI is InChI=1S/C27H45N3O4/c1-13-27(11,12)30(23(32)19(4)28-24(33)34-26(8,9)10)21(22(31)29-25(5,6)7)20-15-17(2)14-18(3)16-20/h14-16,19,21H,13H2,1-12H3,(H,28,33)(H,29,31). The zero-order valence-corrected chi connectivity index (χ0v) is 23.2. The zero-order chi connectivity index (χ0) is 26.6. The van der Waals surface area contributed by atoms with Crippen molar-refractivity contribution in [3.05, 3.63) is 34.9 Å². The Morgan fingerprint density at radius 1 is 0.941 bits per heavy atom. The third-order valence-electron chi connectivity index (χ3n) is 5.42. The van der Waals surface area contributed by atoms with Gasteiger partial charge in [0.25, 0.3) is 0 Å². The zero-order valence-electron chi connectivity index (χ0n) is 23.2. The lowest BCUT2D eigenvalue weighted by molar-refractivity contribution is -0.149. The summed E-state index contributed by atoms with van der Waals surface area (Å²) in [5.74, 6) is -0.622. The van der Waals surface area contributed by atoms with Crippen molar-refractivity contribution in [2.75, 3.05) is 0 Å². The van der Waals surface area contributed by atoms with Crippen molar-refractivity contribution in [1.82, 2.24) is 15.5 Å². The van der Waals surface area contributed by atoms with Gasteiger partial charge in [-0.1, -0.05) is 36.2 Å². The molecule has 0 aliphatic carbocycles. The van der Waals surface area contributed by atoms with Crippen LogP contribution in [0.15, 0.2) is 18.2 Å². The molecule has 0 radical (unpaired) electrons. The largest absolute Gasteiger partial charge is 0.444 e. The Morgan fingerprint density at radius 3 is 1.85 bits per heavy atom. The molecule has 1 aromatic carbocycles. The quantitative estimate of drug-likeness (QED) is 0.568. The van der Waals surface area contributed by atoms with Gasteiger partial charge in [0, 0.05) is 11.1 Å². The van der Waals surface area contributed by atoms with E-state index >= 15 is 0 Å². The van der Waals surface area contributed by atoms with Crippen molar-refractivity contribution in [3.8, 4) is 0 Å². The molecule has 1 aromatic rings. The van der Waals surface area contributed by atoms with Gasteiger partial charge in [-0.05, 0) is 88.1 Å². The van der Waals surface area contributed by atoms with E-state index in [-0.39, 0.29) is 11.8 Å². The maximum Gasteiger partial charge on any atom is 0.408 e. The first kappa shape index (κ1) is 29.5. The molecule has 0 bridgehead atoms. The van der Waals surface area contributed by atoms with Crippen molar-refractivity contribution >= 4 is 17.9 Å². The highest BCUT2D eigenvalue weighted by atomic mass is 16.6. The second kappa shape index (κ2) is 10.8. The minimum absolute atomic E-state index is 0.267. The molecule has 7 heteroatoms. The lowest BCUT2D eigenvalue weighted by atomic mass is 9.90. The summed E-state index contributed by atoms with van der Waals surface area (Å²) in [6.07, 6.45) is -0.0631. The normalized spacial score (nSPS) is 14.1. The van der Waals surface area contributed by atoms with Crippen LogP contribution in [0, 0.1) is 13.8 Å². The summed E-state index contributed by atoms with van der Waals surface area (Å²) < 4.78 is 5.34. The highest BCUT2D eigenvalue weighted by molar-refractivity contribution is 5.92. The molecule has 2 unspecified atom stereocenters. The van der Waals surface area contributed by atoms with E-state index in [2.05, 4.69) is 10.6 Å². The van der Waals surface area contributed by atoms with Crippen LogP contribution in [0.4, 0.5) is 4.79 Å². The van der Waals surface area contributed by atoms with E-state index in [1.807, 2.05) is 73.6 Å². The summed E-state index contributed by atoms with van der Waals surface area (Å²) >= 11 is 0. The molecule has 0 fully saturated rings. The Balaban J connectivity index is 3.58. The predicted octanol–water partition coefficient (Wildman–Crippen LogP) is 5.19. The molecule has 0 saturated heterocycles. The lowest BCUT2D eigenvalue weighted by Crippen LogP contribution is -2.59. The van der Waals surface area contributed by atoms with E-state index in [9.17, 15) is 14.4 Å². The van der Waals surface area contributed by atoms with Gasteiger partial charge in [-0.3, -0.25) is 9.59 Å². The minimum Gasteiger partial charge on any atom is -0.444 e. The molecule has 0 aliphatic heterocycles. The molecule has 0 saturated carbocycles. The smallest absolute Gasteiger partial charge is 0.408 e. The minimum atomic E-state index is -0.892. The number of hydrogen-bond donors (Lipinski definition) is 2. The van der Waals surface area contributed by atoms with Gasteiger partial charge in [-0.2, -0.15) is 0 Å². The molecule has 2 atom stereocenters. The Labute approximate surface area is 206 Å². The van der Waals surface area contributed by atoms with Gasteiger partial charge in [0.2, 0.25) is 11.8 Å². The third-order valence-corrected chi connectivity index (χ3v) is 5.42. The van der Waals surface area contributed by atoms with E-state index in [1.165, 1.54) is 0 Å². The summed E-state index contributed by atoms with van der Waals surface area (Å²) in [5, 5.41) is 5.70. The van der Waals surface area contributed by atoms with Gasteiger partial charge >= 0.3 is 6.09 Å². The number of alkyl carbamates (subject to hydrolysis) is 1. The van der Waals surface area contributed by atoms with E-state index in [4.69, 9.17) is 4.74 Å². The van der Waals surface area contributed by atoms with Crippen molar-refractivity contribution in [2.24, 2.45) is 0 Å². The predicted molar refractivity (Wildman–Crippen MR) is 137 cm³/mol. The van der Waals surface area contributed by atoms with Gasteiger partial charge in [0.1, 0.15) is 17.7 Å². The van der Waals surface area contributed by atoms with Crippen molar-refractivity contribution in [3.63, 3.8) is 0 Å². The SMILES string of the molecule is CCC(C)(C)N(C(=O)C(C)NC(=O)OC(C)(C)C)C(C(=O)NC(C)(C)C)c1cc(C)cc(C)c1. The number of nitrogens with one attached hydrogen (secondary N) is 2. The second-order valence-electron chi connectivity index (χ2n) is 11.8. The Hall–Kier alpha value is -2.57. The molecule has 34 heavy (non-hydrogen) atoms. The number of ether oxygens (including phenoxy) is 1. The Morgan fingerprint density at radius 2 is 1.44 bits per heavy atom. The summed E-state index contributed by atoms with van der Waals surface area (Å²) in [7, 11) is 0. The van der Waals surface area contributed by atoms with Crippen LogP contribution in [-0.2, 0) is 14.3 Å². The molecule has 2 N–H and O–H groups in total. The maximum absolute atomic E-state index is 13.9. The van der Waals surface area contributed by atoms with Gasteiger partial charge in [0.15, 0.2) is 0 Å². The molecule has 0 heterocycles. The van der Waals surface area contributed by atoms with Crippen LogP contribution < -0.4 is 10.6 Å². The number of carbonyl (C=O) groups is 3. The molecule has 192 valence electrons. The van der Waals surface area contributed by atoms with Crippen molar-refractivity contribution < 1.29 is 19.1 Å². The average molecular weight is 476 g/mol. The number of aryl methyl sites for hydroxylation is 2. The van der Waals surface area contributed by atoms with Crippen LogP contribution in [0.3, 0.4) is 0 Å². The maximum atomic E-state index is 13.9. The van der Waals surface area contributed by atoms with Gasteiger partial charge < -0.3 is 20.3 Å². The first-order chi connectivity index (χ1) is 15.3. The van der Waals surface area contributed by atoms with Gasteiger partial charge in [0.05, 0.1) is 0 Å². The van der Waals surface area contributed by atoms with Crippen LogP contribution in [0.5, 0.6) is 0 Å². The van der Waals surface area contributed by atoms with Crippen LogP contribution in [0.1, 0.15) is 98.4 Å². The van der Waals surface area contributed by atoms with E-state index in [1.54, 1.807) is 32.6 Å². The summed E-state index contributed by atoms with van der Waals surface area (Å²) in [6.45, 7) is 22.4. The Bertz CT molecular complexity index is 874. The fourth-order valence-electron chi connectivity index (χ4n) is 3.72. The van der Waals surface area contributed by atoms with Crippen LogP contribution in [0.2, 0.25) is 0 Å². The van der Waals surface area contributed by atoms with E-state index in [0.29, 0.717) is 6.42 Å². The number of amides is 3. The first-order valence-electron chi connectivity index (χ1n) is 12.0. The number of hydrogen-bond acceptors (Lipinski definition) is 4. The molecule has 0 aliphatic rings. The summed E-state index contributed by atoms with van der Waals surface area (Å²) in [5.41, 5.74) is 0.899. The summed E-state index contributed by atoms with van der Waals surface area (Å²) in [6, 6.07) is 4.15. The first-order valence-corrected chi connectivity index (χ1v) is 12.0. The van der Waals surface area contributed by atoms with Gasteiger partial charge in [-0.25, -0.2) is 4.79 Å². The highest BCUT2D eigenvalue weighted by Crippen LogP contribution is 2.33. The monoisotopic (exact) mass is 475 g/mol. The summed E-state index contributed by atoms with van der Waals surface area (Å²) in [4.78, 5) is 41.6. The average Bonchev–Trinajstić information content (AvgIpc) is 2.61. The van der Waals surface area contributed by atoms with E-state index < -0.39 is 34.9 Å². The molecular formula is C27H45N3O4. The highest BCUT2D eigenvalue weighted by Gasteiger charge is 2.42. The molecule has 3 amide bonds. The third kappa shape index (κ3) is 8.65. The van der Waals surface area contributed by atoms with Crippen LogP contribution >= 0.6 is 0 Å². The molecule has 0 spiro atoms. The topological polar surface area (TPSA) is 87.7 Å². The number of nitrogens with zero attached hydrogens (tertiary/aromatic N) is 1. The van der Waals surface area contributed by atoms with Gasteiger partial charge in [-0.15, -0.1) is 0 Å². The second-order valence-corrected chi connectivity index (χ2v) is 11.8. The Kier molecular flexibility index (Phi) is 9.35. The fraction of sp³-hybridized carbons (Fsp3) is 0.667. The van der Waals surface area contributed by atoms with Crippen molar-refractivity contribution in [1.29, 1.82) is 0 Å². The van der Waals surface area contributed by atoms with Crippen LogP contribution in [0.25, 0.3) is 0 Å². The van der Waals surface area contributed by atoms with Crippen molar-refractivity contribution in [2.45, 2.75) is 118 Å². The number of carbonyl (C=O) groups excluding carboxylic acids is 3. The molecule has 7 nitrogen and oxygen atoms in total. The van der Waals surface area contributed by atoms with Crippen LogP contribution in [-0.4, -0.2) is 45.5 Å². The number of benzene rings is 1. The number of rotatable bonds is 7. The molecule has 0 aromatic heterocycles. The molecular weight excluding hydrogens is 430 g/mol. The molecule has 1 rings (SSSR count).